The molecule has 0 bridgehead atoms. The van der Waals surface area contributed by atoms with Gasteiger partial charge in [0.05, 0.1) is 0 Å². The van der Waals surface area contributed by atoms with E-state index >= 15 is 0 Å². The molecular weight excluding hydrogens is 266 g/mol. The van der Waals surface area contributed by atoms with E-state index in [1.165, 1.54) is 0 Å². The summed E-state index contributed by atoms with van der Waals surface area (Å²) in [5.74, 6) is 1.68. The Hall–Kier alpha value is -2.21. The van der Waals surface area contributed by atoms with E-state index in [2.05, 4.69) is 25.8 Å². The third kappa shape index (κ3) is 3.28. The number of hydrogen-bond acceptors (Lipinski definition) is 4. The van der Waals surface area contributed by atoms with Gasteiger partial charge in [0.2, 0.25) is 5.91 Å². The predicted molar refractivity (Wildman–Crippen MR) is 80.8 cm³/mol. The number of hydrogen-bond donors (Lipinski definition) is 3. The molecule has 21 heavy (non-hydrogen) atoms. The van der Waals surface area contributed by atoms with Crippen LogP contribution in [0.4, 0.5) is 5.69 Å². The quantitative estimate of drug-likeness (QED) is 0.802. The molecule has 6 nitrogen and oxygen atoms in total. The number of nitrogens with one attached hydrogen (secondary N) is 3. The van der Waals surface area contributed by atoms with Crippen molar-refractivity contribution in [1.29, 1.82) is 0 Å². The molecule has 110 valence electrons. The number of nitrogens with zero attached hydrogens (tertiary/aromatic N) is 2. The van der Waals surface area contributed by atoms with Crippen LogP contribution in [-0.2, 0) is 4.79 Å². The van der Waals surface area contributed by atoms with Crippen molar-refractivity contribution in [3.8, 4) is 11.4 Å². The summed E-state index contributed by atoms with van der Waals surface area (Å²) in [4.78, 5) is 16.4. The fourth-order valence-electron chi connectivity index (χ4n) is 2.50. The van der Waals surface area contributed by atoms with Crippen molar-refractivity contribution in [1.82, 2.24) is 20.5 Å². The molecule has 1 aromatic heterocycles. The van der Waals surface area contributed by atoms with E-state index in [0.717, 1.165) is 43.0 Å². The summed E-state index contributed by atoms with van der Waals surface area (Å²) in [6, 6.07) is 7.61. The lowest BCUT2D eigenvalue weighted by Crippen LogP contribution is -2.34. The minimum atomic E-state index is 0.109. The van der Waals surface area contributed by atoms with Crippen molar-refractivity contribution >= 4 is 11.6 Å². The van der Waals surface area contributed by atoms with E-state index in [4.69, 9.17) is 0 Å². The van der Waals surface area contributed by atoms with Crippen molar-refractivity contribution in [2.24, 2.45) is 5.92 Å². The van der Waals surface area contributed by atoms with Gasteiger partial charge in [-0.1, -0.05) is 0 Å². The van der Waals surface area contributed by atoms with Gasteiger partial charge < -0.3 is 10.6 Å². The Bertz CT molecular complexity index is 613. The third-order valence-electron chi connectivity index (χ3n) is 3.72. The highest BCUT2D eigenvalue weighted by atomic mass is 16.1. The molecule has 0 unspecified atom stereocenters. The van der Waals surface area contributed by atoms with Gasteiger partial charge in [-0.25, -0.2) is 4.98 Å². The molecule has 3 N–H and O–H groups in total. The maximum Gasteiger partial charge on any atom is 0.227 e. The number of H-pyrrole nitrogens is 1. The Kier molecular flexibility index (Phi) is 3.96. The standard InChI is InChI=1S/C15H19N5O/c1-10-17-14(20-19-10)11-2-4-13(5-3-11)18-15(21)12-6-8-16-9-7-12/h2-5,12,16H,6-9H2,1H3,(H,18,21)(H,17,19,20). The third-order valence-corrected chi connectivity index (χ3v) is 3.72. The molecule has 3 rings (SSSR count). The number of aromatic amines is 1. The van der Waals surface area contributed by atoms with E-state index in [1.807, 2.05) is 31.2 Å². The molecule has 0 radical (unpaired) electrons. The molecule has 6 heteroatoms. The van der Waals surface area contributed by atoms with Gasteiger partial charge in [-0.3, -0.25) is 9.89 Å². The van der Waals surface area contributed by atoms with Crippen LogP contribution >= 0.6 is 0 Å². The number of piperidine rings is 1. The van der Waals surface area contributed by atoms with Crippen LogP contribution in [0.1, 0.15) is 18.7 Å². The Morgan fingerprint density at radius 1 is 1.24 bits per heavy atom. The molecule has 1 fully saturated rings. The van der Waals surface area contributed by atoms with Crippen LogP contribution in [0.3, 0.4) is 0 Å². The Labute approximate surface area is 123 Å². The number of aromatic nitrogens is 3. The highest BCUT2D eigenvalue weighted by Gasteiger charge is 2.20. The van der Waals surface area contributed by atoms with Crippen LogP contribution in [0.15, 0.2) is 24.3 Å². The first-order valence-corrected chi connectivity index (χ1v) is 7.23. The van der Waals surface area contributed by atoms with Crippen molar-refractivity contribution in [2.45, 2.75) is 19.8 Å². The summed E-state index contributed by atoms with van der Waals surface area (Å²) < 4.78 is 0. The van der Waals surface area contributed by atoms with E-state index in [9.17, 15) is 4.79 Å². The first-order valence-electron chi connectivity index (χ1n) is 7.23. The van der Waals surface area contributed by atoms with Gasteiger partial charge in [0.1, 0.15) is 5.82 Å². The van der Waals surface area contributed by atoms with Gasteiger partial charge in [-0.05, 0) is 57.1 Å². The Morgan fingerprint density at radius 3 is 2.57 bits per heavy atom. The minimum Gasteiger partial charge on any atom is -0.326 e. The molecule has 0 saturated carbocycles. The van der Waals surface area contributed by atoms with E-state index in [-0.39, 0.29) is 11.8 Å². The van der Waals surface area contributed by atoms with Gasteiger partial charge in [-0.2, -0.15) is 5.10 Å². The molecular formula is C15H19N5O. The lowest BCUT2D eigenvalue weighted by molar-refractivity contribution is -0.120. The number of aryl methyl sites for hydroxylation is 1. The fraction of sp³-hybridized carbons (Fsp3) is 0.400. The summed E-state index contributed by atoms with van der Waals surface area (Å²) in [7, 11) is 0. The smallest absolute Gasteiger partial charge is 0.227 e. The van der Waals surface area contributed by atoms with Gasteiger partial charge in [0.25, 0.3) is 0 Å². The molecule has 1 saturated heterocycles. The fourth-order valence-corrected chi connectivity index (χ4v) is 2.50. The van der Waals surface area contributed by atoms with Crippen molar-refractivity contribution in [2.75, 3.05) is 18.4 Å². The molecule has 2 heterocycles. The summed E-state index contributed by atoms with van der Waals surface area (Å²) >= 11 is 0. The number of anilines is 1. The SMILES string of the molecule is Cc1nc(-c2ccc(NC(=O)C3CCNCC3)cc2)n[nH]1. The first-order chi connectivity index (χ1) is 10.2. The normalized spacial score (nSPS) is 15.9. The summed E-state index contributed by atoms with van der Waals surface area (Å²) in [6.07, 6.45) is 1.81. The molecule has 0 spiro atoms. The topological polar surface area (TPSA) is 82.7 Å². The summed E-state index contributed by atoms with van der Waals surface area (Å²) in [6.45, 7) is 3.70. The summed E-state index contributed by atoms with van der Waals surface area (Å²) in [5.41, 5.74) is 1.74. The summed E-state index contributed by atoms with van der Waals surface area (Å²) in [5, 5.41) is 13.2. The van der Waals surface area contributed by atoms with Crippen molar-refractivity contribution in [3.63, 3.8) is 0 Å². The number of amides is 1. The number of rotatable bonds is 3. The first kappa shape index (κ1) is 13.8. The van der Waals surface area contributed by atoms with Crippen LogP contribution < -0.4 is 10.6 Å². The maximum absolute atomic E-state index is 12.2. The van der Waals surface area contributed by atoms with Crippen molar-refractivity contribution in [3.05, 3.63) is 30.1 Å². The van der Waals surface area contributed by atoms with E-state index in [0.29, 0.717) is 5.82 Å². The second-order valence-corrected chi connectivity index (χ2v) is 5.34. The minimum absolute atomic E-state index is 0.109. The highest BCUT2D eigenvalue weighted by molar-refractivity contribution is 5.92. The van der Waals surface area contributed by atoms with Crippen LogP contribution in [-0.4, -0.2) is 34.2 Å². The van der Waals surface area contributed by atoms with Crippen LogP contribution in [0.25, 0.3) is 11.4 Å². The molecule has 1 aliphatic heterocycles. The zero-order valence-electron chi connectivity index (χ0n) is 12.0. The second-order valence-electron chi connectivity index (χ2n) is 5.34. The number of carbonyl (C=O) groups is 1. The molecule has 2 aromatic rings. The van der Waals surface area contributed by atoms with Crippen LogP contribution in [0.5, 0.6) is 0 Å². The van der Waals surface area contributed by atoms with Crippen molar-refractivity contribution < 1.29 is 4.79 Å². The van der Waals surface area contributed by atoms with Gasteiger partial charge in [0.15, 0.2) is 5.82 Å². The predicted octanol–water partition coefficient (Wildman–Crippen LogP) is 1.72. The highest BCUT2D eigenvalue weighted by Crippen LogP contribution is 2.19. The number of carbonyl (C=O) groups excluding carboxylic acids is 1. The average molecular weight is 285 g/mol. The monoisotopic (exact) mass is 285 g/mol. The zero-order valence-corrected chi connectivity index (χ0v) is 12.0. The van der Waals surface area contributed by atoms with Gasteiger partial charge in [-0.15, -0.1) is 0 Å². The Morgan fingerprint density at radius 2 is 1.95 bits per heavy atom. The molecule has 1 amide bonds. The second kappa shape index (κ2) is 6.05. The lowest BCUT2D eigenvalue weighted by atomic mass is 9.97. The van der Waals surface area contributed by atoms with E-state index in [1.54, 1.807) is 0 Å². The molecule has 1 aromatic carbocycles. The Balaban J connectivity index is 1.65. The lowest BCUT2D eigenvalue weighted by Gasteiger charge is -2.21. The van der Waals surface area contributed by atoms with Crippen LogP contribution in [0, 0.1) is 12.8 Å². The number of benzene rings is 1. The largest absolute Gasteiger partial charge is 0.326 e. The maximum atomic E-state index is 12.2. The van der Waals surface area contributed by atoms with Crippen LogP contribution in [0.2, 0.25) is 0 Å². The molecule has 0 aliphatic carbocycles. The van der Waals surface area contributed by atoms with Gasteiger partial charge in [0, 0.05) is 17.2 Å². The van der Waals surface area contributed by atoms with E-state index < -0.39 is 0 Å². The zero-order chi connectivity index (χ0) is 14.7. The van der Waals surface area contributed by atoms with Gasteiger partial charge >= 0.3 is 0 Å². The molecule has 1 aliphatic rings. The average Bonchev–Trinajstić information content (AvgIpc) is 2.95. The molecule has 0 atom stereocenters.